The number of fused-ring (bicyclic) bond motifs is 5. The quantitative estimate of drug-likeness (QED) is 0.439. The Morgan fingerprint density at radius 1 is 1.31 bits per heavy atom. The third-order valence-corrected chi connectivity index (χ3v) is 7.47. The number of rotatable bonds is 2. The van der Waals surface area contributed by atoms with Crippen LogP contribution in [0.3, 0.4) is 0 Å². The van der Waals surface area contributed by atoms with Crippen molar-refractivity contribution >= 4 is 45.7 Å². The fraction of sp³-hybridized carbons (Fsp3) is 0.842. The molecule has 4 rings (SSSR count). The Balaban J connectivity index is 0.00000289. The van der Waals surface area contributed by atoms with Crippen LogP contribution in [-0.4, -0.2) is 54.4 Å². The molecule has 7 heteroatoms. The van der Waals surface area contributed by atoms with Crippen LogP contribution in [0.25, 0.3) is 0 Å². The minimum absolute atomic E-state index is 0. The van der Waals surface area contributed by atoms with E-state index in [-0.39, 0.29) is 71.1 Å². The van der Waals surface area contributed by atoms with Crippen LogP contribution < -0.4 is 0 Å². The minimum Gasteiger partial charge on any atom is -0.299 e. The zero-order chi connectivity index (χ0) is 23.4. The maximum Gasteiger partial charge on any atom is 0.397 e. The molecule has 141 valence electrons. The molecule has 1 radical (unpaired) electrons. The summed E-state index contributed by atoms with van der Waals surface area (Å²) in [4.78, 5) is 12.6. The van der Waals surface area contributed by atoms with E-state index in [2.05, 4.69) is 4.18 Å². The second-order valence-electron chi connectivity index (χ2n) is 8.29. The van der Waals surface area contributed by atoms with Gasteiger partial charge in [0.15, 0.2) is 0 Å². The molecule has 6 atom stereocenters. The van der Waals surface area contributed by atoms with E-state index < -0.39 is 46.5 Å². The largest absolute Gasteiger partial charge is 0.397 e. The molecule has 0 spiro atoms. The van der Waals surface area contributed by atoms with Gasteiger partial charge in [-0.3, -0.25) is 9.35 Å². The van der Waals surface area contributed by atoms with Gasteiger partial charge in [-0.25, -0.2) is 4.18 Å². The van der Waals surface area contributed by atoms with E-state index in [0.717, 1.165) is 0 Å². The third-order valence-electron chi connectivity index (χ3n) is 7.09. The van der Waals surface area contributed by atoms with Crippen LogP contribution in [0.1, 0.15) is 73.3 Å². The molecule has 3 saturated carbocycles. The van der Waals surface area contributed by atoms with E-state index >= 15 is 0 Å². The molecule has 1 N–H and O–H groups in total. The Morgan fingerprint density at radius 2 is 2.00 bits per heavy atom. The predicted octanol–water partition coefficient (Wildman–Crippen LogP) is 3.33. The first-order chi connectivity index (χ1) is 13.9. The molecule has 4 aliphatic rings. The van der Waals surface area contributed by atoms with E-state index in [1.54, 1.807) is 6.92 Å². The predicted molar refractivity (Wildman–Crippen MR) is 98.9 cm³/mol. The van der Waals surface area contributed by atoms with Crippen molar-refractivity contribution in [2.45, 2.75) is 71.2 Å². The first-order valence-electron chi connectivity index (χ1n) is 11.8. The van der Waals surface area contributed by atoms with E-state index in [0.29, 0.717) is 25.7 Å². The van der Waals surface area contributed by atoms with Gasteiger partial charge in [0.2, 0.25) is 0 Å². The first-order valence-corrected chi connectivity index (χ1v) is 10.2. The number of hydrogen-bond donors (Lipinski definition) is 1. The van der Waals surface area contributed by atoms with Gasteiger partial charge >= 0.3 is 10.4 Å². The Morgan fingerprint density at radius 3 is 2.69 bits per heavy atom. The van der Waals surface area contributed by atoms with Crippen molar-refractivity contribution in [3.8, 4) is 0 Å². The van der Waals surface area contributed by atoms with Crippen LogP contribution in [0.15, 0.2) is 11.6 Å². The van der Waals surface area contributed by atoms with Gasteiger partial charge < -0.3 is 0 Å². The molecule has 0 saturated heterocycles. The average molecular weight is 398 g/mol. The smallest absolute Gasteiger partial charge is 0.299 e. The number of hydrogen-bond acceptors (Lipinski definition) is 4. The summed E-state index contributed by atoms with van der Waals surface area (Å²) in [6.45, 7) is 3.65. The minimum atomic E-state index is -5.34. The molecule has 26 heavy (non-hydrogen) atoms. The van der Waals surface area contributed by atoms with Crippen LogP contribution >= 0.6 is 0 Å². The molecule has 0 heterocycles. The van der Waals surface area contributed by atoms with Crippen LogP contribution in [0.2, 0.25) is 0 Å². The Labute approximate surface area is 187 Å². The Kier molecular flexibility index (Phi) is 3.82. The van der Waals surface area contributed by atoms with E-state index in [1.807, 2.05) is 6.92 Å². The maximum absolute atomic E-state index is 12.6. The van der Waals surface area contributed by atoms with E-state index in [4.69, 9.17) is 8.22 Å². The second kappa shape index (κ2) is 6.96. The Hall–Kier alpha value is 0.280. The van der Waals surface area contributed by atoms with Gasteiger partial charge in [-0.2, -0.15) is 8.42 Å². The molecule has 0 bridgehead atoms. The normalized spacial score (nSPS) is 55.5. The SMILES string of the molecule is [2H]C1=C2C([2H])([2H])[C@@]([2H])(OS(=O)(=O)O)C([2H])([2H])C[C@]2(C)[C@H]2CC[C@]3(C)C(=O)CC[C@H]3[C@@H]2C1.[Na]. The van der Waals surface area contributed by atoms with Gasteiger partial charge in [-0.05, 0) is 68.0 Å². The average Bonchev–Trinajstić information content (AvgIpc) is 2.86. The molecule has 0 unspecified atom stereocenters. The number of allylic oxidation sites excluding steroid dienone is 1. The van der Waals surface area contributed by atoms with Crippen molar-refractivity contribution in [2.24, 2.45) is 28.6 Å². The van der Waals surface area contributed by atoms with Crippen LogP contribution in [-0.2, 0) is 19.4 Å². The van der Waals surface area contributed by atoms with Crippen molar-refractivity contribution in [2.75, 3.05) is 0 Å². The summed E-state index contributed by atoms with van der Waals surface area (Å²) in [5.41, 5.74) is -1.74. The maximum atomic E-state index is 12.6. The number of carbonyl (C=O) groups excluding carboxylic acids is 1. The number of carbonyl (C=O) groups is 1. The summed E-state index contributed by atoms with van der Waals surface area (Å²) >= 11 is 0. The van der Waals surface area contributed by atoms with E-state index in [1.165, 1.54) is 0 Å². The fourth-order valence-corrected chi connectivity index (χ4v) is 6.04. The summed E-state index contributed by atoms with van der Waals surface area (Å²) in [5, 5.41) is 0. The van der Waals surface area contributed by atoms with Crippen LogP contribution in [0.4, 0.5) is 0 Å². The molecule has 0 amide bonds. The van der Waals surface area contributed by atoms with Gasteiger partial charge in [0.1, 0.15) is 5.78 Å². The van der Waals surface area contributed by atoms with Gasteiger partial charge in [0.25, 0.3) is 0 Å². The van der Waals surface area contributed by atoms with Crippen molar-refractivity contribution < 1.29 is 30.2 Å². The first kappa shape index (κ1) is 14.3. The third kappa shape index (κ3) is 3.29. The number of Topliss-reactive ketones (excluding diaryl/α,β-unsaturated/α-hetero) is 1. The molecule has 3 fully saturated rings. The van der Waals surface area contributed by atoms with Gasteiger partial charge in [0.05, 0.1) is 8.82 Å². The standard InChI is InChI=1S/C19H28O5S.Na/c1-18-9-7-13(24-25(21,22)23)11-12(18)3-4-14-15-5-6-17(20)19(15,2)10-8-16(14)18;/h3,13-16H,4-11H2,1-2H3,(H,21,22,23);/t13-,14-,15-,16-,18-,19-;/m0./s1/i3D,7D2,11D2,13D;. The van der Waals surface area contributed by atoms with E-state index in [9.17, 15) is 17.8 Å². The molecule has 5 nitrogen and oxygen atoms in total. The Bertz CT molecular complexity index is 987. The summed E-state index contributed by atoms with van der Waals surface area (Å²) in [7, 11) is -5.34. The van der Waals surface area contributed by atoms with Crippen molar-refractivity contribution in [1.29, 1.82) is 0 Å². The topological polar surface area (TPSA) is 80.7 Å². The van der Waals surface area contributed by atoms with Crippen molar-refractivity contribution in [3.63, 3.8) is 0 Å². The van der Waals surface area contributed by atoms with Gasteiger partial charge in [0, 0.05) is 46.9 Å². The zero-order valence-electron chi connectivity index (χ0n) is 21.5. The van der Waals surface area contributed by atoms with Gasteiger partial charge in [-0.15, -0.1) is 0 Å². The molecule has 0 aromatic heterocycles. The fourth-order valence-electron chi connectivity index (χ4n) is 5.73. The van der Waals surface area contributed by atoms with Crippen molar-refractivity contribution in [1.82, 2.24) is 0 Å². The molecular weight excluding hydrogens is 363 g/mol. The summed E-state index contributed by atoms with van der Waals surface area (Å²) < 4.78 is 87.6. The molecule has 4 aliphatic carbocycles. The van der Waals surface area contributed by atoms with Crippen molar-refractivity contribution in [3.05, 3.63) is 11.6 Å². The number of ketones is 1. The zero-order valence-corrected chi connectivity index (χ0v) is 18.3. The summed E-state index contributed by atoms with van der Waals surface area (Å²) in [6.07, 6.45) is -6.93. The van der Waals surface area contributed by atoms with Crippen LogP contribution in [0, 0.1) is 28.6 Å². The molecule has 0 aromatic rings. The molecule has 0 aromatic carbocycles. The summed E-state index contributed by atoms with van der Waals surface area (Å²) in [6, 6.07) is -0.0941. The summed E-state index contributed by atoms with van der Waals surface area (Å²) in [5.74, 6) is -0.0470. The van der Waals surface area contributed by atoms with Gasteiger partial charge in [-0.1, -0.05) is 25.5 Å². The van der Waals surface area contributed by atoms with Crippen LogP contribution in [0.5, 0.6) is 0 Å². The molecular formula is C19H28NaO5S. The second-order valence-corrected chi connectivity index (χ2v) is 9.31. The monoisotopic (exact) mass is 397 g/mol. The molecule has 0 aliphatic heterocycles.